The standard InChI is InChI=1S/C15H18ClNS/c1-11-5-3-4-6-12(11)9-13(17-2)10-14-7-8-15(16)18-14/h3-8,13,17H,9-10H2,1-2H3. The van der Waals surface area contributed by atoms with Crippen LogP contribution >= 0.6 is 22.9 Å². The monoisotopic (exact) mass is 279 g/mol. The number of halogens is 1. The van der Waals surface area contributed by atoms with E-state index in [1.54, 1.807) is 11.3 Å². The predicted molar refractivity (Wildman–Crippen MR) is 80.8 cm³/mol. The van der Waals surface area contributed by atoms with E-state index in [2.05, 4.69) is 42.6 Å². The molecule has 1 unspecified atom stereocenters. The van der Waals surface area contributed by atoms with Crippen LogP contribution in [0, 0.1) is 6.92 Å². The summed E-state index contributed by atoms with van der Waals surface area (Å²) in [6, 6.07) is 13.1. The lowest BCUT2D eigenvalue weighted by Crippen LogP contribution is -2.29. The van der Waals surface area contributed by atoms with E-state index < -0.39 is 0 Å². The highest BCUT2D eigenvalue weighted by atomic mass is 35.5. The predicted octanol–water partition coefficient (Wildman–Crippen LogP) is 4.08. The van der Waals surface area contributed by atoms with Gasteiger partial charge >= 0.3 is 0 Å². The molecule has 0 fully saturated rings. The largest absolute Gasteiger partial charge is 0.316 e. The summed E-state index contributed by atoms with van der Waals surface area (Å²) in [6.45, 7) is 2.17. The lowest BCUT2D eigenvalue weighted by Gasteiger charge is -2.16. The van der Waals surface area contributed by atoms with Gasteiger partial charge in [-0.25, -0.2) is 0 Å². The van der Waals surface area contributed by atoms with Crippen LogP contribution in [0.1, 0.15) is 16.0 Å². The molecule has 2 aromatic rings. The van der Waals surface area contributed by atoms with Crippen LogP contribution in [0.25, 0.3) is 0 Å². The number of likely N-dealkylation sites (N-methyl/N-ethyl adjacent to an activating group) is 1. The summed E-state index contributed by atoms with van der Waals surface area (Å²) < 4.78 is 0.871. The molecule has 3 heteroatoms. The summed E-state index contributed by atoms with van der Waals surface area (Å²) in [5.74, 6) is 0. The molecule has 0 saturated heterocycles. The Kier molecular flexibility index (Phi) is 4.81. The zero-order chi connectivity index (χ0) is 13.0. The van der Waals surface area contributed by atoms with E-state index in [0.29, 0.717) is 6.04 Å². The lowest BCUT2D eigenvalue weighted by atomic mass is 9.99. The van der Waals surface area contributed by atoms with Gasteiger partial charge in [0.05, 0.1) is 4.34 Å². The van der Waals surface area contributed by atoms with Crippen molar-refractivity contribution in [2.45, 2.75) is 25.8 Å². The van der Waals surface area contributed by atoms with Crippen molar-refractivity contribution >= 4 is 22.9 Å². The molecule has 0 aliphatic heterocycles. The Hall–Kier alpha value is -0.830. The molecule has 1 aromatic heterocycles. The molecular formula is C15H18ClNS. The maximum absolute atomic E-state index is 5.97. The van der Waals surface area contributed by atoms with Gasteiger partial charge in [0.2, 0.25) is 0 Å². The molecular weight excluding hydrogens is 262 g/mol. The number of hydrogen-bond donors (Lipinski definition) is 1. The van der Waals surface area contributed by atoms with Crippen molar-refractivity contribution in [1.82, 2.24) is 5.32 Å². The average Bonchev–Trinajstić information content (AvgIpc) is 2.76. The number of rotatable bonds is 5. The van der Waals surface area contributed by atoms with E-state index >= 15 is 0 Å². The second-order valence-corrected chi connectivity index (χ2v) is 6.33. The first-order chi connectivity index (χ1) is 8.69. The minimum absolute atomic E-state index is 0.459. The van der Waals surface area contributed by atoms with Crippen molar-refractivity contribution in [2.75, 3.05) is 7.05 Å². The quantitative estimate of drug-likeness (QED) is 0.869. The van der Waals surface area contributed by atoms with E-state index in [4.69, 9.17) is 11.6 Å². The van der Waals surface area contributed by atoms with Gasteiger partial charge in [-0.1, -0.05) is 35.9 Å². The Morgan fingerprint density at radius 2 is 1.94 bits per heavy atom. The van der Waals surface area contributed by atoms with Crippen LogP contribution in [-0.4, -0.2) is 13.1 Å². The van der Waals surface area contributed by atoms with Gasteiger partial charge in [-0.2, -0.15) is 0 Å². The molecule has 1 N–H and O–H groups in total. The minimum Gasteiger partial charge on any atom is -0.316 e. The molecule has 0 spiro atoms. The molecule has 96 valence electrons. The van der Waals surface area contributed by atoms with Crippen LogP contribution in [0.5, 0.6) is 0 Å². The third kappa shape index (κ3) is 3.58. The van der Waals surface area contributed by atoms with Crippen molar-refractivity contribution < 1.29 is 0 Å². The molecule has 0 bridgehead atoms. The fourth-order valence-corrected chi connectivity index (χ4v) is 3.25. The highest BCUT2D eigenvalue weighted by Crippen LogP contribution is 2.23. The second kappa shape index (κ2) is 6.37. The summed E-state index contributed by atoms with van der Waals surface area (Å²) in [6.07, 6.45) is 2.08. The highest BCUT2D eigenvalue weighted by molar-refractivity contribution is 7.16. The molecule has 0 radical (unpaired) electrons. The van der Waals surface area contributed by atoms with E-state index in [1.165, 1.54) is 16.0 Å². The first-order valence-electron chi connectivity index (χ1n) is 6.15. The minimum atomic E-state index is 0.459. The summed E-state index contributed by atoms with van der Waals surface area (Å²) in [7, 11) is 2.03. The molecule has 1 nitrogen and oxygen atoms in total. The Morgan fingerprint density at radius 1 is 1.17 bits per heavy atom. The summed E-state index contributed by atoms with van der Waals surface area (Å²) >= 11 is 7.64. The van der Waals surface area contributed by atoms with Crippen molar-refractivity contribution in [2.24, 2.45) is 0 Å². The van der Waals surface area contributed by atoms with Crippen molar-refractivity contribution in [1.29, 1.82) is 0 Å². The van der Waals surface area contributed by atoms with Crippen molar-refractivity contribution in [3.8, 4) is 0 Å². The van der Waals surface area contributed by atoms with Crippen molar-refractivity contribution in [3.63, 3.8) is 0 Å². The van der Waals surface area contributed by atoms with Crippen LogP contribution in [0.2, 0.25) is 4.34 Å². The Labute approximate surface area is 118 Å². The van der Waals surface area contributed by atoms with Crippen molar-refractivity contribution in [3.05, 3.63) is 56.7 Å². The molecule has 1 aromatic carbocycles. The van der Waals surface area contributed by atoms with E-state index in [-0.39, 0.29) is 0 Å². The Bertz CT molecular complexity index is 507. The smallest absolute Gasteiger partial charge is 0.0931 e. The van der Waals surface area contributed by atoms with Crippen LogP contribution in [0.4, 0.5) is 0 Å². The van der Waals surface area contributed by atoms with Gasteiger partial charge in [0.15, 0.2) is 0 Å². The van der Waals surface area contributed by atoms with Gasteiger partial charge < -0.3 is 5.32 Å². The maximum Gasteiger partial charge on any atom is 0.0931 e. The average molecular weight is 280 g/mol. The van der Waals surface area contributed by atoms with Crippen LogP contribution in [-0.2, 0) is 12.8 Å². The number of thiophene rings is 1. The number of aryl methyl sites for hydroxylation is 1. The van der Waals surface area contributed by atoms with Gasteiger partial charge in [0.1, 0.15) is 0 Å². The number of benzene rings is 1. The molecule has 0 saturated carbocycles. The zero-order valence-corrected chi connectivity index (χ0v) is 12.3. The summed E-state index contributed by atoms with van der Waals surface area (Å²) in [5.41, 5.74) is 2.78. The highest BCUT2D eigenvalue weighted by Gasteiger charge is 2.11. The SMILES string of the molecule is CNC(Cc1ccc(Cl)s1)Cc1ccccc1C. The summed E-state index contributed by atoms with van der Waals surface area (Å²) in [4.78, 5) is 1.34. The van der Waals surface area contributed by atoms with E-state index in [1.807, 2.05) is 13.1 Å². The number of nitrogens with one attached hydrogen (secondary N) is 1. The lowest BCUT2D eigenvalue weighted by molar-refractivity contribution is 0.559. The fourth-order valence-electron chi connectivity index (χ4n) is 2.09. The molecule has 2 rings (SSSR count). The molecule has 18 heavy (non-hydrogen) atoms. The van der Waals surface area contributed by atoms with Gasteiger partial charge in [0.25, 0.3) is 0 Å². The molecule has 1 atom stereocenters. The fraction of sp³-hybridized carbons (Fsp3) is 0.333. The first-order valence-corrected chi connectivity index (χ1v) is 7.34. The van der Waals surface area contributed by atoms with Crippen LogP contribution < -0.4 is 5.32 Å². The van der Waals surface area contributed by atoms with Gasteiger partial charge in [0, 0.05) is 10.9 Å². The summed E-state index contributed by atoms with van der Waals surface area (Å²) in [5, 5.41) is 3.40. The van der Waals surface area contributed by atoms with Crippen LogP contribution in [0.3, 0.4) is 0 Å². The first kappa shape index (κ1) is 13.6. The number of hydrogen-bond acceptors (Lipinski definition) is 2. The zero-order valence-electron chi connectivity index (χ0n) is 10.7. The second-order valence-electron chi connectivity index (χ2n) is 4.53. The molecule has 0 aliphatic carbocycles. The third-order valence-electron chi connectivity index (χ3n) is 3.21. The van der Waals surface area contributed by atoms with Gasteiger partial charge in [-0.15, -0.1) is 11.3 Å². The van der Waals surface area contributed by atoms with Gasteiger partial charge in [-0.3, -0.25) is 0 Å². The topological polar surface area (TPSA) is 12.0 Å². The molecule has 0 aliphatic rings. The molecule has 0 amide bonds. The normalized spacial score (nSPS) is 12.6. The maximum atomic E-state index is 5.97. The molecule has 1 heterocycles. The van der Waals surface area contributed by atoms with E-state index in [0.717, 1.165) is 17.2 Å². The Morgan fingerprint density at radius 3 is 2.56 bits per heavy atom. The Balaban J connectivity index is 2.04. The van der Waals surface area contributed by atoms with Crippen LogP contribution in [0.15, 0.2) is 36.4 Å². The third-order valence-corrected chi connectivity index (χ3v) is 4.47. The van der Waals surface area contributed by atoms with Gasteiger partial charge in [-0.05, 0) is 50.1 Å². The van der Waals surface area contributed by atoms with E-state index in [9.17, 15) is 0 Å².